The van der Waals surface area contributed by atoms with E-state index >= 15 is 0 Å². The molecule has 0 spiro atoms. The normalized spacial score (nSPS) is 15.5. The van der Waals surface area contributed by atoms with Crippen molar-refractivity contribution >= 4 is 68.1 Å². The molecule has 1 saturated heterocycles. The van der Waals surface area contributed by atoms with Gasteiger partial charge in [-0.3, -0.25) is 19.3 Å². The van der Waals surface area contributed by atoms with Gasteiger partial charge in [0, 0.05) is 31.7 Å². The third-order valence-electron chi connectivity index (χ3n) is 5.24. The summed E-state index contributed by atoms with van der Waals surface area (Å²) in [4.78, 5) is 38.8. The molecule has 2 aromatic rings. The van der Waals surface area contributed by atoms with Crippen molar-refractivity contribution in [3.8, 4) is 0 Å². The van der Waals surface area contributed by atoms with E-state index in [1.165, 1.54) is 35.6 Å². The number of carbonyl (C=O) groups is 3. The molecular formula is C23H23Cl2N3O5S2. The smallest absolute Gasteiger partial charge is 0.293 e. The van der Waals surface area contributed by atoms with Crippen LogP contribution in [-0.4, -0.2) is 60.9 Å². The van der Waals surface area contributed by atoms with E-state index in [9.17, 15) is 22.8 Å². The lowest BCUT2D eigenvalue weighted by atomic mass is 10.2. The number of halogens is 2. The number of hydrogen-bond acceptors (Lipinski definition) is 6. The Hall–Kier alpha value is -2.37. The van der Waals surface area contributed by atoms with E-state index in [1.807, 2.05) is 0 Å². The first-order valence-electron chi connectivity index (χ1n) is 10.5. The summed E-state index contributed by atoms with van der Waals surface area (Å²) < 4.78 is 26.6. The number of hydrogen-bond donors (Lipinski definition) is 1. The zero-order valence-electron chi connectivity index (χ0n) is 19.1. The van der Waals surface area contributed by atoms with Gasteiger partial charge in [0.25, 0.3) is 17.1 Å². The average Bonchev–Trinajstić information content (AvgIpc) is 3.08. The lowest BCUT2D eigenvalue weighted by Gasteiger charge is -2.21. The van der Waals surface area contributed by atoms with Crippen molar-refractivity contribution < 1.29 is 22.8 Å². The minimum Gasteiger partial charge on any atom is -0.350 e. The largest absolute Gasteiger partial charge is 0.350 e. The molecule has 35 heavy (non-hydrogen) atoms. The van der Waals surface area contributed by atoms with Crippen LogP contribution < -0.4 is 5.32 Å². The van der Waals surface area contributed by atoms with E-state index < -0.39 is 27.1 Å². The van der Waals surface area contributed by atoms with Gasteiger partial charge in [0.15, 0.2) is 0 Å². The highest BCUT2D eigenvalue weighted by molar-refractivity contribution is 8.18. The fourth-order valence-corrected chi connectivity index (χ4v) is 5.66. The Bertz CT molecular complexity index is 1310. The molecule has 186 valence electrons. The topological polar surface area (TPSA) is 104 Å². The second kappa shape index (κ2) is 11.1. The Morgan fingerprint density at radius 2 is 1.86 bits per heavy atom. The first-order chi connectivity index (χ1) is 16.4. The summed E-state index contributed by atoms with van der Waals surface area (Å²) in [6, 6.07) is 10.3. The Balaban J connectivity index is 1.64. The highest BCUT2D eigenvalue weighted by Crippen LogP contribution is 2.33. The van der Waals surface area contributed by atoms with Crippen LogP contribution in [0, 0.1) is 0 Å². The van der Waals surface area contributed by atoms with Crippen molar-refractivity contribution in [2.24, 2.45) is 0 Å². The Kier molecular flexibility index (Phi) is 8.66. The predicted octanol–water partition coefficient (Wildman–Crippen LogP) is 4.49. The molecule has 8 nitrogen and oxygen atoms in total. The summed E-state index contributed by atoms with van der Waals surface area (Å²) in [5.41, 5.74) is 0.771. The second-order valence-electron chi connectivity index (χ2n) is 7.91. The fourth-order valence-electron chi connectivity index (χ4n) is 3.07. The maximum atomic E-state index is 12.7. The van der Waals surface area contributed by atoms with E-state index in [0.717, 1.165) is 16.7 Å². The van der Waals surface area contributed by atoms with Crippen LogP contribution in [0.1, 0.15) is 29.8 Å². The quantitative estimate of drug-likeness (QED) is 0.481. The highest BCUT2D eigenvalue weighted by Gasteiger charge is 2.34. The molecule has 0 radical (unpaired) electrons. The molecule has 1 fully saturated rings. The fraction of sp³-hybridized carbons (Fsp3) is 0.261. The average molecular weight is 556 g/mol. The van der Waals surface area contributed by atoms with Gasteiger partial charge >= 0.3 is 0 Å². The number of sulfonamides is 1. The first-order valence-corrected chi connectivity index (χ1v) is 13.5. The van der Waals surface area contributed by atoms with E-state index in [2.05, 4.69) is 5.32 Å². The highest BCUT2D eigenvalue weighted by atomic mass is 35.5. The summed E-state index contributed by atoms with van der Waals surface area (Å²) in [5.74, 6) is -1.00. The third-order valence-corrected chi connectivity index (χ3v) is 8.91. The van der Waals surface area contributed by atoms with Gasteiger partial charge in [-0.1, -0.05) is 35.3 Å². The van der Waals surface area contributed by atoms with E-state index in [4.69, 9.17) is 23.2 Å². The molecule has 1 aliphatic heterocycles. The van der Waals surface area contributed by atoms with Gasteiger partial charge in [-0.2, -0.15) is 4.31 Å². The minimum absolute atomic E-state index is 0.000198. The number of thioether (sulfide) groups is 1. The molecule has 1 N–H and O–H groups in total. The van der Waals surface area contributed by atoms with Crippen LogP contribution in [0.3, 0.4) is 0 Å². The van der Waals surface area contributed by atoms with Crippen LogP contribution in [0.2, 0.25) is 10.0 Å². The molecular weight excluding hydrogens is 533 g/mol. The summed E-state index contributed by atoms with van der Waals surface area (Å²) in [5, 5.41) is 2.87. The molecule has 12 heteroatoms. The van der Waals surface area contributed by atoms with E-state index in [1.54, 1.807) is 38.1 Å². The van der Waals surface area contributed by atoms with Gasteiger partial charge in [0.05, 0.1) is 19.8 Å². The van der Waals surface area contributed by atoms with Crippen LogP contribution in [0.15, 0.2) is 52.3 Å². The lowest BCUT2D eigenvalue weighted by molar-refractivity contribution is -0.122. The number of benzene rings is 2. The molecule has 0 unspecified atom stereocenters. The molecule has 2 aromatic carbocycles. The lowest BCUT2D eigenvalue weighted by Crippen LogP contribution is -2.37. The van der Waals surface area contributed by atoms with Crippen molar-refractivity contribution in [3.05, 3.63) is 68.5 Å². The van der Waals surface area contributed by atoms with Crippen LogP contribution in [0.5, 0.6) is 0 Å². The van der Waals surface area contributed by atoms with Crippen LogP contribution in [0.25, 0.3) is 6.08 Å². The van der Waals surface area contributed by atoms with Crippen molar-refractivity contribution in [1.82, 2.24) is 14.5 Å². The zero-order chi connectivity index (χ0) is 25.9. The van der Waals surface area contributed by atoms with Gasteiger partial charge in [-0.05, 0) is 67.6 Å². The number of nitrogens with one attached hydrogen (secondary N) is 1. The molecule has 1 heterocycles. The SMILES string of the molecule is CC(C)N(C)S(=O)(=O)c1cccc(C(=O)NCCN2C(=O)SC(=Cc3ccc(Cl)c(Cl)c3)C2=O)c1. The standard InChI is InChI=1S/C23H23Cl2N3O5S2/c1-14(2)27(3)35(32,33)17-6-4-5-16(13-17)21(29)26-9-10-28-22(30)20(34-23(28)31)12-15-7-8-18(24)19(25)11-15/h4-8,11-14H,9-10H2,1-3H3,(H,26,29). The van der Waals surface area contributed by atoms with E-state index in [-0.39, 0.29) is 34.5 Å². The summed E-state index contributed by atoms with van der Waals surface area (Å²) in [6.07, 6.45) is 1.55. The van der Waals surface area contributed by atoms with Crippen LogP contribution in [-0.2, 0) is 14.8 Å². The van der Waals surface area contributed by atoms with Gasteiger partial charge < -0.3 is 5.32 Å². The Labute approximate surface area is 218 Å². The number of amides is 3. The van der Waals surface area contributed by atoms with Crippen molar-refractivity contribution in [3.63, 3.8) is 0 Å². The molecule has 0 aliphatic carbocycles. The Morgan fingerprint density at radius 1 is 1.14 bits per heavy atom. The molecule has 0 aromatic heterocycles. The molecule has 3 rings (SSSR count). The van der Waals surface area contributed by atoms with Gasteiger partial charge in [-0.25, -0.2) is 8.42 Å². The molecule has 3 amide bonds. The summed E-state index contributed by atoms with van der Waals surface area (Å²) in [6.45, 7) is 3.46. The second-order valence-corrected chi connectivity index (χ2v) is 11.7. The van der Waals surface area contributed by atoms with E-state index in [0.29, 0.717) is 15.6 Å². The van der Waals surface area contributed by atoms with Gasteiger partial charge in [0.1, 0.15) is 0 Å². The monoisotopic (exact) mass is 555 g/mol. The zero-order valence-corrected chi connectivity index (χ0v) is 22.3. The molecule has 0 bridgehead atoms. The molecule has 1 aliphatic rings. The predicted molar refractivity (Wildman–Crippen MR) is 138 cm³/mol. The van der Waals surface area contributed by atoms with Crippen molar-refractivity contribution in [1.29, 1.82) is 0 Å². The first kappa shape index (κ1) is 27.2. The number of imide groups is 1. The van der Waals surface area contributed by atoms with Gasteiger partial charge in [0.2, 0.25) is 10.0 Å². The van der Waals surface area contributed by atoms with Gasteiger partial charge in [-0.15, -0.1) is 0 Å². The number of carbonyl (C=O) groups excluding carboxylic acids is 3. The van der Waals surface area contributed by atoms with Crippen molar-refractivity contribution in [2.45, 2.75) is 24.8 Å². The molecule has 0 saturated carbocycles. The summed E-state index contributed by atoms with van der Waals surface area (Å²) in [7, 11) is -2.28. The maximum absolute atomic E-state index is 12.7. The summed E-state index contributed by atoms with van der Waals surface area (Å²) >= 11 is 12.7. The third kappa shape index (κ3) is 6.25. The molecule has 0 atom stereocenters. The van der Waals surface area contributed by atoms with Crippen molar-refractivity contribution in [2.75, 3.05) is 20.1 Å². The minimum atomic E-state index is -3.75. The number of rotatable bonds is 8. The Morgan fingerprint density at radius 3 is 2.51 bits per heavy atom. The maximum Gasteiger partial charge on any atom is 0.293 e. The van der Waals surface area contributed by atoms with Crippen LogP contribution in [0.4, 0.5) is 4.79 Å². The van der Waals surface area contributed by atoms with Crippen LogP contribution >= 0.6 is 35.0 Å². The number of nitrogens with zero attached hydrogens (tertiary/aromatic N) is 2.